The molecule has 2 atom stereocenters. The van der Waals surface area contributed by atoms with Crippen molar-refractivity contribution in [2.24, 2.45) is 5.92 Å². The van der Waals surface area contributed by atoms with E-state index < -0.39 is 28.4 Å². The largest absolute Gasteiger partial charge is 0.497 e. The van der Waals surface area contributed by atoms with Crippen LogP contribution in [0.5, 0.6) is 5.75 Å². The van der Waals surface area contributed by atoms with Crippen LogP contribution in [-0.4, -0.2) is 49.7 Å². The van der Waals surface area contributed by atoms with Gasteiger partial charge >= 0.3 is 16.5 Å². The fourth-order valence-corrected chi connectivity index (χ4v) is 3.68. The summed E-state index contributed by atoms with van der Waals surface area (Å²) in [4.78, 5) is 11.5. The summed E-state index contributed by atoms with van der Waals surface area (Å²) in [6.07, 6.45) is 3.95. The Labute approximate surface area is 177 Å². The monoisotopic (exact) mass is 432 g/mol. The van der Waals surface area contributed by atoms with E-state index in [-0.39, 0.29) is 13.2 Å². The first-order valence-corrected chi connectivity index (χ1v) is 10.5. The van der Waals surface area contributed by atoms with E-state index >= 15 is 0 Å². The smallest absolute Gasteiger partial charge is 0.459 e. The van der Waals surface area contributed by atoms with Crippen molar-refractivity contribution in [2.45, 2.75) is 19.1 Å². The number of methoxy groups -OCH3 is 1. The number of rotatable bonds is 6. The number of nitrogens with zero attached hydrogens (tertiary/aromatic N) is 1. The number of carboxylic acids is 1. The van der Waals surface area contributed by atoms with Crippen LogP contribution in [0.3, 0.4) is 0 Å². The molecule has 2 aromatic rings. The molecule has 0 aliphatic carbocycles. The molecule has 1 heterocycles. The van der Waals surface area contributed by atoms with Crippen molar-refractivity contribution < 1.29 is 31.7 Å². The fourth-order valence-electron chi connectivity index (χ4n) is 3.02. The van der Waals surface area contributed by atoms with E-state index in [4.69, 9.17) is 9.47 Å². The van der Waals surface area contributed by atoms with E-state index in [1.165, 1.54) is 0 Å². The maximum Gasteiger partial charge on any atom is 0.459 e. The highest BCUT2D eigenvalue weighted by Gasteiger charge is 2.40. The van der Waals surface area contributed by atoms with Gasteiger partial charge in [0.25, 0.3) is 6.04 Å². The zero-order valence-corrected chi connectivity index (χ0v) is 17.6. The topological polar surface area (TPSA) is 92.9 Å². The van der Waals surface area contributed by atoms with Gasteiger partial charge < -0.3 is 14.6 Å². The molecule has 7 nitrogen and oxygen atoms in total. The summed E-state index contributed by atoms with van der Waals surface area (Å²) < 4.78 is 34.0. The molecule has 8 heteroatoms. The number of hydrogen-bond donors (Lipinski definition) is 1. The van der Waals surface area contributed by atoms with Gasteiger partial charge in [-0.2, -0.15) is 0 Å². The standard InChI is InChI=1S/C15H17NO5S.C7H8O/c17-15(18)14-13(8-4-5-9-16(14)22(19)20)11-21-10-12-6-2-1-3-7-12;1-8-7-5-3-2-4-6-7/h1-7,13-14H,8-11H2;2-6H,1H3/p+1. The zero-order valence-electron chi connectivity index (χ0n) is 16.8. The van der Waals surface area contributed by atoms with Gasteiger partial charge in [0.1, 0.15) is 5.75 Å². The summed E-state index contributed by atoms with van der Waals surface area (Å²) in [5.41, 5.74) is 0.989. The lowest BCUT2D eigenvalue weighted by Crippen LogP contribution is -2.41. The maximum absolute atomic E-state index is 11.5. The number of para-hydroxylation sites is 1. The van der Waals surface area contributed by atoms with Gasteiger partial charge in [-0.1, -0.05) is 54.6 Å². The van der Waals surface area contributed by atoms with Crippen LogP contribution in [0.4, 0.5) is 0 Å². The molecule has 1 aliphatic heterocycles. The molecule has 2 unspecified atom stereocenters. The minimum atomic E-state index is -2.58. The first-order valence-electron chi connectivity index (χ1n) is 9.47. The van der Waals surface area contributed by atoms with E-state index in [9.17, 15) is 18.3 Å². The van der Waals surface area contributed by atoms with Gasteiger partial charge in [-0.25, -0.2) is 4.79 Å². The lowest BCUT2D eigenvalue weighted by molar-refractivity contribution is -0.530. The Balaban J connectivity index is 0.000000335. The summed E-state index contributed by atoms with van der Waals surface area (Å²) >= 11 is 0. The van der Waals surface area contributed by atoms with Gasteiger partial charge in [-0.05, 0) is 30.2 Å². The highest BCUT2D eigenvalue weighted by atomic mass is 32.2. The Morgan fingerprint density at radius 1 is 1.07 bits per heavy atom. The molecule has 1 aliphatic rings. The number of hydrogen-bond acceptors (Lipinski definition) is 5. The Morgan fingerprint density at radius 2 is 1.70 bits per heavy atom. The van der Waals surface area contributed by atoms with Gasteiger partial charge in [0.2, 0.25) is 0 Å². The van der Waals surface area contributed by atoms with Crippen molar-refractivity contribution in [3.05, 3.63) is 78.4 Å². The van der Waals surface area contributed by atoms with E-state index in [2.05, 4.69) is 0 Å². The second-order valence-electron chi connectivity index (χ2n) is 6.58. The molecular weight excluding hydrogens is 406 g/mol. The van der Waals surface area contributed by atoms with E-state index in [1.54, 1.807) is 19.3 Å². The van der Waals surface area contributed by atoms with Crippen LogP contribution in [-0.2, 0) is 26.6 Å². The Morgan fingerprint density at radius 3 is 2.23 bits per heavy atom. The molecular formula is C22H26NO6S+. The van der Waals surface area contributed by atoms with Crippen molar-refractivity contribution >= 4 is 16.5 Å². The number of carboxylic acid groups (broad SMARTS) is 1. The Bertz CT molecular complexity index is 950. The van der Waals surface area contributed by atoms with Crippen LogP contribution in [0.1, 0.15) is 12.0 Å². The maximum atomic E-state index is 11.5. The normalized spacial score (nSPS) is 18.0. The highest BCUT2D eigenvalue weighted by Crippen LogP contribution is 2.18. The van der Waals surface area contributed by atoms with Crippen LogP contribution in [0, 0.1) is 5.92 Å². The number of ether oxygens (including phenoxy) is 2. The predicted molar refractivity (Wildman–Crippen MR) is 112 cm³/mol. The third-order valence-electron chi connectivity index (χ3n) is 4.51. The van der Waals surface area contributed by atoms with Crippen LogP contribution in [0.25, 0.3) is 0 Å². The molecule has 1 N–H and O–H groups in total. The Hall–Kier alpha value is -2.97. The van der Waals surface area contributed by atoms with Gasteiger partial charge in [0.05, 0.1) is 26.2 Å². The average Bonchev–Trinajstić information content (AvgIpc) is 2.98. The van der Waals surface area contributed by atoms with E-state index in [0.717, 1.165) is 15.3 Å². The van der Waals surface area contributed by atoms with Crippen molar-refractivity contribution in [2.75, 3.05) is 20.3 Å². The third kappa shape index (κ3) is 7.46. The van der Waals surface area contributed by atoms with Gasteiger partial charge in [-0.15, -0.1) is 12.4 Å². The quantitative estimate of drug-likeness (QED) is 0.557. The molecule has 0 radical (unpaired) electrons. The van der Waals surface area contributed by atoms with Crippen molar-refractivity contribution in [1.82, 2.24) is 0 Å². The highest BCUT2D eigenvalue weighted by molar-refractivity contribution is 7.58. The zero-order chi connectivity index (χ0) is 21.8. The molecule has 0 amide bonds. The Kier molecular flexibility index (Phi) is 9.76. The van der Waals surface area contributed by atoms with E-state index in [0.29, 0.717) is 13.0 Å². The molecule has 0 aromatic heterocycles. The second kappa shape index (κ2) is 12.6. The molecule has 2 aromatic carbocycles. The minimum absolute atomic E-state index is 0.0717. The van der Waals surface area contributed by atoms with Crippen LogP contribution >= 0.6 is 0 Å². The van der Waals surface area contributed by atoms with Crippen LogP contribution in [0.2, 0.25) is 0 Å². The lowest BCUT2D eigenvalue weighted by atomic mass is 9.98. The average molecular weight is 433 g/mol. The summed E-state index contributed by atoms with van der Waals surface area (Å²) in [5.74, 6) is -0.661. The minimum Gasteiger partial charge on any atom is -0.497 e. The number of allylic oxidation sites excluding steroid dienone is 1. The SMILES string of the molecule is COc1ccccc1.O=C(O)C1C(COCc2ccccc2)CC=CC[N+]1=S(=O)=O. The van der Waals surface area contributed by atoms with Crippen molar-refractivity contribution in [3.63, 3.8) is 0 Å². The molecule has 0 saturated carbocycles. The molecule has 0 fully saturated rings. The van der Waals surface area contributed by atoms with Gasteiger partial charge in [0.15, 0.2) is 6.54 Å². The molecule has 0 spiro atoms. The predicted octanol–water partition coefficient (Wildman–Crippen LogP) is 3.00. The van der Waals surface area contributed by atoms with Crippen LogP contribution < -0.4 is 4.74 Å². The first kappa shape index (κ1) is 23.3. The van der Waals surface area contributed by atoms with Crippen molar-refractivity contribution in [1.29, 1.82) is 0 Å². The second-order valence-corrected chi connectivity index (χ2v) is 7.49. The molecule has 3 rings (SSSR count). The molecule has 30 heavy (non-hydrogen) atoms. The van der Waals surface area contributed by atoms with E-state index in [1.807, 2.05) is 60.7 Å². The molecule has 160 valence electrons. The van der Waals surface area contributed by atoms with Gasteiger partial charge in [-0.3, -0.25) is 0 Å². The third-order valence-corrected chi connectivity index (χ3v) is 5.27. The summed E-state index contributed by atoms with van der Waals surface area (Å²) in [5, 5.41) is 9.37. The summed E-state index contributed by atoms with van der Waals surface area (Å²) in [6.45, 7) is 0.625. The lowest BCUT2D eigenvalue weighted by Gasteiger charge is -2.17. The number of aliphatic carboxylic acids is 1. The molecule has 0 bridgehead atoms. The summed E-state index contributed by atoms with van der Waals surface area (Å²) in [6, 6.07) is 18.1. The first-order chi connectivity index (χ1) is 14.5. The fraction of sp³-hybridized carbons (Fsp3) is 0.318. The number of carbonyl (C=O) groups is 1. The summed E-state index contributed by atoms with van der Waals surface area (Å²) in [7, 11) is -0.918. The van der Waals surface area contributed by atoms with Gasteiger partial charge in [0, 0.05) is 0 Å². The molecule has 0 saturated heterocycles. The van der Waals surface area contributed by atoms with Crippen LogP contribution in [0.15, 0.2) is 72.8 Å². The number of benzene rings is 2. The van der Waals surface area contributed by atoms with Crippen molar-refractivity contribution in [3.8, 4) is 5.75 Å².